The molecule has 0 atom stereocenters. The van der Waals surface area contributed by atoms with Gasteiger partial charge in [-0.25, -0.2) is 9.48 Å². The summed E-state index contributed by atoms with van der Waals surface area (Å²) in [5, 5.41) is 15.8. The molecule has 2 N–H and O–H groups in total. The first kappa shape index (κ1) is 14.8. The summed E-state index contributed by atoms with van der Waals surface area (Å²) in [5.41, 5.74) is 2.04. The largest absolute Gasteiger partial charge is 0.476 e. The lowest BCUT2D eigenvalue weighted by Gasteiger charge is -2.10. The van der Waals surface area contributed by atoms with Gasteiger partial charge in [0.1, 0.15) is 0 Å². The first-order valence-electron chi connectivity index (χ1n) is 6.59. The molecule has 1 amide bonds. The molecule has 6 heteroatoms. The van der Waals surface area contributed by atoms with Gasteiger partial charge in [-0.05, 0) is 31.2 Å². The lowest BCUT2D eigenvalue weighted by molar-refractivity contribution is -0.118. The summed E-state index contributed by atoms with van der Waals surface area (Å²) in [5.74, 6) is -1.25. The average Bonchev–Trinajstić information content (AvgIpc) is 2.81. The molecule has 110 valence electrons. The number of carboxylic acids is 1. The molecule has 0 spiro atoms. The van der Waals surface area contributed by atoms with Crippen molar-refractivity contribution in [3.8, 4) is 5.69 Å². The average molecular weight is 287 g/mol. The Labute approximate surface area is 122 Å². The summed E-state index contributed by atoms with van der Waals surface area (Å²) < 4.78 is 1.54. The second-order valence-electron chi connectivity index (χ2n) is 5.08. The molecule has 0 bridgehead atoms. The van der Waals surface area contributed by atoms with E-state index in [1.165, 1.54) is 10.7 Å². The number of hydrogen-bond donors (Lipinski definition) is 2. The highest BCUT2D eigenvalue weighted by Crippen LogP contribution is 2.17. The Morgan fingerprint density at radius 3 is 2.57 bits per heavy atom. The van der Waals surface area contributed by atoms with Gasteiger partial charge in [0.05, 0.1) is 5.69 Å². The number of carbonyl (C=O) groups excluding carboxylic acids is 1. The molecule has 1 aromatic heterocycles. The smallest absolute Gasteiger partial charge is 0.356 e. The molecular weight excluding hydrogens is 270 g/mol. The van der Waals surface area contributed by atoms with E-state index in [2.05, 4.69) is 10.4 Å². The molecule has 0 unspecified atom stereocenters. The van der Waals surface area contributed by atoms with Crippen molar-refractivity contribution in [2.45, 2.75) is 20.8 Å². The maximum absolute atomic E-state index is 11.7. The van der Waals surface area contributed by atoms with Crippen LogP contribution in [0.4, 0.5) is 5.69 Å². The fourth-order valence-corrected chi connectivity index (χ4v) is 1.84. The standard InChI is InChI=1S/C15H17N3O3/c1-9(2)14(19)16-11-5-4-6-12(8-11)18-10(3)7-13(17-18)15(20)21/h4-9H,1-3H3,(H,16,19)(H,20,21). The molecule has 0 saturated carbocycles. The lowest BCUT2D eigenvalue weighted by atomic mass is 10.2. The Hall–Kier alpha value is -2.63. The molecule has 0 fully saturated rings. The number of hydrogen-bond acceptors (Lipinski definition) is 3. The SMILES string of the molecule is Cc1cc(C(=O)O)nn1-c1cccc(NC(=O)C(C)C)c1. The Kier molecular flexibility index (Phi) is 4.07. The molecular formula is C15H17N3O3. The lowest BCUT2D eigenvalue weighted by Crippen LogP contribution is -2.17. The maximum Gasteiger partial charge on any atom is 0.356 e. The first-order chi connectivity index (χ1) is 9.88. The molecule has 0 aliphatic carbocycles. The van der Waals surface area contributed by atoms with Crippen LogP contribution in [0.2, 0.25) is 0 Å². The van der Waals surface area contributed by atoms with Crippen LogP contribution < -0.4 is 5.32 Å². The van der Waals surface area contributed by atoms with Gasteiger partial charge in [-0.2, -0.15) is 5.10 Å². The van der Waals surface area contributed by atoms with Gasteiger partial charge in [-0.1, -0.05) is 19.9 Å². The van der Waals surface area contributed by atoms with E-state index < -0.39 is 5.97 Å². The summed E-state index contributed by atoms with van der Waals surface area (Å²) in [4.78, 5) is 22.7. The molecule has 0 aliphatic heterocycles. The minimum atomic E-state index is -1.07. The zero-order valence-corrected chi connectivity index (χ0v) is 12.1. The van der Waals surface area contributed by atoms with Crippen LogP contribution in [-0.2, 0) is 4.79 Å². The van der Waals surface area contributed by atoms with Gasteiger partial charge in [0.2, 0.25) is 5.91 Å². The van der Waals surface area contributed by atoms with Gasteiger partial charge in [-0.15, -0.1) is 0 Å². The number of carboxylic acid groups (broad SMARTS) is 1. The van der Waals surface area contributed by atoms with E-state index in [1.54, 1.807) is 31.2 Å². The Morgan fingerprint density at radius 2 is 2.00 bits per heavy atom. The Balaban J connectivity index is 2.33. The molecule has 0 radical (unpaired) electrons. The van der Waals surface area contributed by atoms with Crippen molar-refractivity contribution >= 4 is 17.6 Å². The topological polar surface area (TPSA) is 84.2 Å². The van der Waals surface area contributed by atoms with E-state index in [1.807, 2.05) is 13.8 Å². The molecule has 6 nitrogen and oxygen atoms in total. The van der Waals surface area contributed by atoms with Crippen molar-refractivity contribution in [3.63, 3.8) is 0 Å². The number of aromatic nitrogens is 2. The number of amides is 1. The van der Waals surface area contributed by atoms with E-state index >= 15 is 0 Å². The fourth-order valence-electron chi connectivity index (χ4n) is 1.84. The van der Waals surface area contributed by atoms with Crippen LogP contribution in [0, 0.1) is 12.8 Å². The van der Waals surface area contributed by atoms with Gasteiger partial charge in [0, 0.05) is 17.3 Å². The zero-order valence-electron chi connectivity index (χ0n) is 12.1. The molecule has 1 heterocycles. The van der Waals surface area contributed by atoms with Crippen molar-refractivity contribution in [2.75, 3.05) is 5.32 Å². The first-order valence-corrected chi connectivity index (χ1v) is 6.59. The predicted octanol–water partition coefficient (Wildman–Crippen LogP) is 2.47. The van der Waals surface area contributed by atoms with Crippen LogP contribution >= 0.6 is 0 Å². The normalized spacial score (nSPS) is 10.7. The number of carbonyl (C=O) groups is 2. The summed E-state index contributed by atoms with van der Waals surface area (Å²) >= 11 is 0. The van der Waals surface area contributed by atoms with Gasteiger partial charge in [-0.3, -0.25) is 4.79 Å². The summed E-state index contributed by atoms with van der Waals surface area (Å²) in [6.45, 7) is 5.41. The van der Waals surface area contributed by atoms with E-state index in [9.17, 15) is 9.59 Å². The summed E-state index contributed by atoms with van der Waals surface area (Å²) in [6.07, 6.45) is 0. The van der Waals surface area contributed by atoms with Crippen LogP contribution in [0.1, 0.15) is 30.0 Å². The molecule has 2 rings (SSSR count). The van der Waals surface area contributed by atoms with Crippen molar-refractivity contribution in [2.24, 2.45) is 5.92 Å². The highest BCUT2D eigenvalue weighted by Gasteiger charge is 2.12. The number of nitrogens with zero attached hydrogens (tertiary/aromatic N) is 2. The maximum atomic E-state index is 11.7. The third-order valence-electron chi connectivity index (χ3n) is 2.99. The van der Waals surface area contributed by atoms with Crippen molar-refractivity contribution in [3.05, 3.63) is 41.7 Å². The third kappa shape index (κ3) is 3.28. The number of anilines is 1. The van der Waals surface area contributed by atoms with E-state index in [4.69, 9.17) is 5.11 Å². The Bertz CT molecular complexity index is 689. The quantitative estimate of drug-likeness (QED) is 0.904. The zero-order chi connectivity index (χ0) is 15.6. The predicted molar refractivity (Wildman–Crippen MR) is 78.7 cm³/mol. The third-order valence-corrected chi connectivity index (χ3v) is 2.99. The fraction of sp³-hybridized carbons (Fsp3) is 0.267. The number of aromatic carboxylic acids is 1. The number of aryl methyl sites for hydroxylation is 1. The Morgan fingerprint density at radius 1 is 1.29 bits per heavy atom. The minimum absolute atomic E-state index is 0.0101. The van der Waals surface area contributed by atoms with Gasteiger partial charge in [0.25, 0.3) is 0 Å². The van der Waals surface area contributed by atoms with Crippen molar-refractivity contribution in [1.29, 1.82) is 0 Å². The van der Waals surface area contributed by atoms with Crippen LogP contribution in [-0.4, -0.2) is 26.8 Å². The van der Waals surface area contributed by atoms with Crippen molar-refractivity contribution in [1.82, 2.24) is 9.78 Å². The van der Waals surface area contributed by atoms with Crippen LogP contribution in [0.15, 0.2) is 30.3 Å². The molecule has 1 aromatic carbocycles. The van der Waals surface area contributed by atoms with Gasteiger partial charge < -0.3 is 10.4 Å². The molecule has 2 aromatic rings. The second kappa shape index (κ2) is 5.78. The van der Waals surface area contributed by atoms with Crippen molar-refractivity contribution < 1.29 is 14.7 Å². The molecule has 21 heavy (non-hydrogen) atoms. The van der Waals surface area contributed by atoms with Crippen LogP contribution in [0.5, 0.6) is 0 Å². The van der Waals surface area contributed by atoms with E-state index in [-0.39, 0.29) is 17.5 Å². The molecule has 0 saturated heterocycles. The number of rotatable bonds is 4. The van der Waals surface area contributed by atoms with Crippen LogP contribution in [0.3, 0.4) is 0 Å². The molecule has 0 aliphatic rings. The van der Waals surface area contributed by atoms with Gasteiger partial charge in [0.15, 0.2) is 5.69 Å². The highest BCUT2D eigenvalue weighted by atomic mass is 16.4. The van der Waals surface area contributed by atoms with E-state index in [0.717, 1.165) is 0 Å². The minimum Gasteiger partial charge on any atom is -0.476 e. The monoisotopic (exact) mass is 287 g/mol. The number of nitrogens with one attached hydrogen (secondary N) is 1. The second-order valence-corrected chi connectivity index (χ2v) is 5.08. The van der Waals surface area contributed by atoms with Gasteiger partial charge >= 0.3 is 5.97 Å². The number of benzene rings is 1. The van der Waals surface area contributed by atoms with E-state index in [0.29, 0.717) is 17.1 Å². The summed E-state index contributed by atoms with van der Waals surface area (Å²) in [7, 11) is 0. The highest BCUT2D eigenvalue weighted by molar-refractivity contribution is 5.92. The van der Waals surface area contributed by atoms with Crippen LogP contribution in [0.25, 0.3) is 5.69 Å². The summed E-state index contributed by atoms with van der Waals surface area (Å²) in [6, 6.07) is 8.62.